The number of hydrogen-bond acceptors (Lipinski definition) is 4. The minimum Gasteiger partial charge on any atom is -0.336 e. The fourth-order valence-corrected chi connectivity index (χ4v) is 1.18. The highest BCUT2D eigenvalue weighted by Crippen LogP contribution is 1.93. The van der Waals surface area contributed by atoms with E-state index in [1.165, 1.54) is 0 Å². The first kappa shape index (κ1) is 8.89. The Morgan fingerprint density at radius 3 is 2.93 bits per heavy atom. The molecule has 6 heteroatoms. The number of rotatable bonds is 4. The lowest BCUT2D eigenvalue weighted by Gasteiger charge is -2.00. The molecule has 0 aromatic carbocycles. The van der Waals surface area contributed by atoms with E-state index in [0.717, 1.165) is 18.8 Å². The molecule has 2 heterocycles. The predicted octanol–water partition coefficient (Wildman–Crippen LogP) is -0.367. The molecule has 0 unspecified atom stereocenters. The van der Waals surface area contributed by atoms with Crippen molar-refractivity contribution in [3.05, 3.63) is 30.6 Å². The van der Waals surface area contributed by atoms with Gasteiger partial charge in [0, 0.05) is 31.7 Å². The topological polar surface area (TPSA) is 74.5 Å². The first-order valence-corrected chi connectivity index (χ1v) is 4.43. The van der Waals surface area contributed by atoms with E-state index in [1.807, 2.05) is 17.0 Å². The van der Waals surface area contributed by atoms with Gasteiger partial charge in [0.15, 0.2) is 0 Å². The second kappa shape index (κ2) is 4.01. The van der Waals surface area contributed by atoms with E-state index in [1.54, 1.807) is 17.2 Å². The van der Waals surface area contributed by atoms with E-state index in [-0.39, 0.29) is 0 Å². The van der Waals surface area contributed by atoms with Gasteiger partial charge in [-0.3, -0.25) is 4.68 Å². The Hall–Kier alpha value is -1.69. The normalized spacial score (nSPS) is 10.6. The molecule has 0 saturated carbocycles. The summed E-state index contributed by atoms with van der Waals surface area (Å²) in [7, 11) is 0. The molecule has 2 N–H and O–H groups in total. The van der Waals surface area contributed by atoms with E-state index in [0.29, 0.717) is 6.54 Å². The number of aryl methyl sites for hydroxylation is 2. The summed E-state index contributed by atoms with van der Waals surface area (Å²) in [6.45, 7) is 2.06. The van der Waals surface area contributed by atoms with Crippen LogP contribution in [-0.4, -0.2) is 24.5 Å². The van der Waals surface area contributed by atoms with Gasteiger partial charge in [-0.05, 0) is 0 Å². The number of nitrogens with two attached hydrogens (primary N) is 1. The van der Waals surface area contributed by atoms with Crippen LogP contribution in [0, 0.1) is 0 Å². The van der Waals surface area contributed by atoms with Crippen molar-refractivity contribution in [1.29, 1.82) is 0 Å². The summed E-state index contributed by atoms with van der Waals surface area (Å²) in [5, 5.41) is 7.84. The zero-order chi connectivity index (χ0) is 9.80. The van der Waals surface area contributed by atoms with Gasteiger partial charge < -0.3 is 10.3 Å². The Morgan fingerprint density at radius 2 is 2.29 bits per heavy atom. The first-order chi connectivity index (χ1) is 6.88. The molecule has 0 bridgehead atoms. The summed E-state index contributed by atoms with van der Waals surface area (Å²) in [5.74, 6) is 0. The third kappa shape index (κ3) is 1.97. The van der Waals surface area contributed by atoms with E-state index in [9.17, 15) is 0 Å². The fraction of sp³-hybridized carbons (Fsp3) is 0.375. The Bertz CT molecular complexity index is 376. The highest BCUT2D eigenvalue weighted by molar-refractivity contribution is 4.90. The second-order valence-corrected chi connectivity index (χ2v) is 2.98. The molecular weight excluding hydrogens is 180 g/mol. The SMILES string of the molecule is NCc1cn(CCn2ccnc2)nn1. The monoisotopic (exact) mass is 192 g/mol. The van der Waals surface area contributed by atoms with Gasteiger partial charge in [-0.25, -0.2) is 4.98 Å². The lowest BCUT2D eigenvalue weighted by molar-refractivity contribution is 0.519. The zero-order valence-corrected chi connectivity index (χ0v) is 7.74. The summed E-state index contributed by atoms with van der Waals surface area (Å²) in [5.41, 5.74) is 6.24. The molecule has 2 aromatic rings. The Kier molecular flexibility index (Phi) is 2.55. The van der Waals surface area contributed by atoms with Crippen molar-refractivity contribution in [2.24, 2.45) is 5.73 Å². The molecular formula is C8H12N6. The molecule has 0 amide bonds. The van der Waals surface area contributed by atoms with Crippen molar-refractivity contribution in [3.63, 3.8) is 0 Å². The maximum atomic E-state index is 5.42. The molecule has 0 spiro atoms. The highest BCUT2D eigenvalue weighted by Gasteiger charge is 1.97. The molecule has 0 fully saturated rings. The van der Waals surface area contributed by atoms with Crippen LogP contribution in [0.2, 0.25) is 0 Å². The molecule has 2 rings (SSSR count). The number of aromatic nitrogens is 5. The second-order valence-electron chi connectivity index (χ2n) is 2.98. The van der Waals surface area contributed by atoms with Crippen molar-refractivity contribution in [2.75, 3.05) is 0 Å². The molecule has 74 valence electrons. The lowest BCUT2D eigenvalue weighted by Crippen LogP contribution is -2.06. The molecule has 0 aliphatic heterocycles. The third-order valence-electron chi connectivity index (χ3n) is 1.94. The van der Waals surface area contributed by atoms with E-state index < -0.39 is 0 Å². The minimum absolute atomic E-state index is 0.436. The van der Waals surface area contributed by atoms with Crippen molar-refractivity contribution < 1.29 is 0 Å². The molecule has 0 saturated heterocycles. The summed E-state index contributed by atoms with van der Waals surface area (Å²) in [6.07, 6.45) is 7.31. The van der Waals surface area contributed by atoms with Crippen molar-refractivity contribution >= 4 is 0 Å². The van der Waals surface area contributed by atoms with Crippen LogP contribution < -0.4 is 5.73 Å². The average Bonchev–Trinajstić information content (AvgIpc) is 2.86. The van der Waals surface area contributed by atoms with Crippen LogP contribution in [0.5, 0.6) is 0 Å². The zero-order valence-electron chi connectivity index (χ0n) is 7.74. The molecule has 6 nitrogen and oxygen atoms in total. The van der Waals surface area contributed by atoms with Gasteiger partial charge in [-0.15, -0.1) is 5.10 Å². The fourth-order valence-electron chi connectivity index (χ4n) is 1.18. The summed E-state index contributed by atoms with van der Waals surface area (Å²) < 4.78 is 3.77. The highest BCUT2D eigenvalue weighted by atomic mass is 15.4. The molecule has 0 atom stereocenters. The van der Waals surface area contributed by atoms with Crippen molar-refractivity contribution in [3.8, 4) is 0 Å². The van der Waals surface area contributed by atoms with E-state index in [4.69, 9.17) is 5.73 Å². The standard InChI is InChI=1S/C8H12N6/c9-5-8-6-14(12-11-8)4-3-13-2-1-10-7-13/h1-2,6-7H,3-5,9H2. The smallest absolute Gasteiger partial charge is 0.0962 e. The quantitative estimate of drug-likeness (QED) is 0.717. The predicted molar refractivity (Wildman–Crippen MR) is 50.1 cm³/mol. The van der Waals surface area contributed by atoms with Gasteiger partial charge in [0.05, 0.1) is 18.6 Å². The first-order valence-electron chi connectivity index (χ1n) is 4.43. The molecule has 14 heavy (non-hydrogen) atoms. The van der Waals surface area contributed by atoms with Gasteiger partial charge in [-0.2, -0.15) is 0 Å². The Morgan fingerprint density at radius 1 is 1.36 bits per heavy atom. The van der Waals surface area contributed by atoms with E-state index in [2.05, 4.69) is 15.3 Å². The van der Waals surface area contributed by atoms with Gasteiger partial charge in [-0.1, -0.05) is 5.21 Å². The average molecular weight is 192 g/mol. The molecule has 0 aliphatic rings. The van der Waals surface area contributed by atoms with Crippen LogP contribution in [0.1, 0.15) is 5.69 Å². The van der Waals surface area contributed by atoms with Crippen molar-refractivity contribution in [2.45, 2.75) is 19.6 Å². The van der Waals surface area contributed by atoms with Gasteiger partial charge in [0.1, 0.15) is 0 Å². The lowest BCUT2D eigenvalue weighted by atomic mass is 10.5. The van der Waals surface area contributed by atoms with Crippen LogP contribution in [0.4, 0.5) is 0 Å². The summed E-state index contributed by atoms with van der Waals surface area (Å²) in [6, 6.07) is 0. The van der Waals surface area contributed by atoms with Crippen LogP contribution in [0.15, 0.2) is 24.9 Å². The molecule has 0 aliphatic carbocycles. The third-order valence-corrected chi connectivity index (χ3v) is 1.94. The number of imidazole rings is 1. The van der Waals surface area contributed by atoms with Crippen LogP contribution >= 0.6 is 0 Å². The maximum absolute atomic E-state index is 5.42. The summed E-state index contributed by atoms with van der Waals surface area (Å²) >= 11 is 0. The Labute approximate surface area is 81.4 Å². The Balaban J connectivity index is 1.92. The van der Waals surface area contributed by atoms with Crippen LogP contribution in [0.25, 0.3) is 0 Å². The molecule has 2 aromatic heterocycles. The number of hydrogen-bond donors (Lipinski definition) is 1. The minimum atomic E-state index is 0.436. The summed E-state index contributed by atoms with van der Waals surface area (Å²) in [4.78, 5) is 3.95. The van der Waals surface area contributed by atoms with Crippen LogP contribution in [-0.2, 0) is 19.6 Å². The van der Waals surface area contributed by atoms with Gasteiger partial charge in [0.25, 0.3) is 0 Å². The van der Waals surface area contributed by atoms with Gasteiger partial charge >= 0.3 is 0 Å². The van der Waals surface area contributed by atoms with Crippen molar-refractivity contribution in [1.82, 2.24) is 24.5 Å². The van der Waals surface area contributed by atoms with E-state index >= 15 is 0 Å². The van der Waals surface area contributed by atoms with Crippen LogP contribution in [0.3, 0.4) is 0 Å². The molecule has 0 radical (unpaired) electrons. The maximum Gasteiger partial charge on any atom is 0.0962 e. The van der Waals surface area contributed by atoms with Gasteiger partial charge in [0.2, 0.25) is 0 Å². The number of nitrogens with zero attached hydrogens (tertiary/aromatic N) is 5. The largest absolute Gasteiger partial charge is 0.336 e.